The molecule has 0 atom stereocenters. The molecule has 1 saturated heterocycles. The number of nitrogen functional groups attached to an aromatic ring is 1. The van der Waals surface area contributed by atoms with Gasteiger partial charge in [-0.1, -0.05) is 15.9 Å². The van der Waals surface area contributed by atoms with E-state index in [2.05, 4.69) is 31.9 Å². The largest absolute Gasteiger partial charge is 0.398 e. The summed E-state index contributed by atoms with van der Waals surface area (Å²) in [6.45, 7) is 4.74. The average molecular weight is 428 g/mol. The van der Waals surface area contributed by atoms with Crippen LogP contribution >= 0.6 is 31.9 Å². The molecule has 2 rings (SSSR count). The van der Waals surface area contributed by atoms with Gasteiger partial charge in [0.1, 0.15) is 4.90 Å². The molecule has 0 amide bonds. The molecule has 1 aliphatic heterocycles. The smallest absolute Gasteiger partial charge is 0.246 e. The number of ether oxygens (including phenoxy) is 1. The maximum atomic E-state index is 12.9. The first-order valence-corrected chi connectivity index (χ1v) is 9.04. The van der Waals surface area contributed by atoms with Gasteiger partial charge in [-0.3, -0.25) is 0 Å². The van der Waals surface area contributed by atoms with Gasteiger partial charge >= 0.3 is 0 Å². The lowest BCUT2D eigenvalue weighted by molar-refractivity contribution is -0.00770. The van der Waals surface area contributed by atoms with Gasteiger partial charge in [0, 0.05) is 15.5 Å². The third-order valence-electron chi connectivity index (χ3n) is 3.15. The van der Waals surface area contributed by atoms with E-state index < -0.39 is 15.6 Å². The molecule has 20 heavy (non-hydrogen) atoms. The Labute approximate surface area is 135 Å². The van der Waals surface area contributed by atoms with Gasteiger partial charge in [0.25, 0.3) is 0 Å². The summed E-state index contributed by atoms with van der Waals surface area (Å²) in [6.07, 6.45) is 0. The summed E-state index contributed by atoms with van der Waals surface area (Å²) < 4.78 is 33.8. The topological polar surface area (TPSA) is 72.6 Å². The second kappa shape index (κ2) is 5.57. The second-order valence-electron chi connectivity index (χ2n) is 5.25. The zero-order valence-electron chi connectivity index (χ0n) is 11.2. The molecule has 0 radical (unpaired) electrons. The van der Waals surface area contributed by atoms with E-state index in [0.717, 1.165) is 4.47 Å². The van der Waals surface area contributed by atoms with Crippen LogP contribution in [0.15, 0.2) is 26.0 Å². The highest BCUT2D eigenvalue weighted by atomic mass is 79.9. The zero-order chi connectivity index (χ0) is 15.1. The zero-order valence-corrected chi connectivity index (χ0v) is 15.2. The standard InChI is InChI=1S/C12H16Br2N2O3S/c1-12(2)7-19-4-3-16(12)20(17,18)11-9(14)5-8(13)6-10(11)15/h5-6H,3-4,7,15H2,1-2H3. The third kappa shape index (κ3) is 2.89. The molecule has 0 spiro atoms. The number of hydrogen-bond donors (Lipinski definition) is 1. The van der Waals surface area contributed by atoms with Crippen LogP contribution in [-0.4, -0.2) is 38.0 Å². The number of nitrogens with two attached hydrogens (primary N) is 1. The predicted octanol–water partition coefficient (Wildman–Crippen LogP) is 2.59. The van der Waals surface area contributed by atoms with Gasteiger partial charge in [0.2, 0.25) is 10.0 Å². The van der Waals surface area contributed by atoms with E-state index in [1.54, 1.807) is 12.1 Å². The Kier molecular flexibility index (Phi) is 4.52. The lowest BCUT2D eigenvalue weighted by Gasteiger charge is -2.41. The number of halogens is 2. The number of rotatable bonds is 2. The highest BCUT2D eigenvalue weighted by Gasteiger charge is 2.41. The fourth-order valence-corrected chi connectivity index (χ4v) is 6.02. The molecule has 1 aliphatic rings. The van der Waals surface area contributed by atoms with Gasteiger partial charge in [-0.05, 0) is 41.9 Å². The van der Waals surface area contributed by atoms with Gasteiger partial charge < -0.3 is 10.5 Å². The van der Waals surface area contributed by atoms with Gasteiger partial charge in [0.15, 0.2) is 0 Å². The van der Waals surface area contributed by atoms with Crippen LogP contribution in [0.5, 0.6) is 0 Å². The molecule has 5 nitrogen and oxygen atoms in total. The van der Waals surface area contributed by atoms with E-state index in [1.807, 2.05) is 13.8 Å². The van der Waals surface area contributed by atoms with Crippen LogP contribution in [0.25, 0.3) is 0 Å². The van der Waals surface area contributed by atoms with Gasteiger partial charge in [-0.2, -0.15) is 4.31 Å². The average Bonchev–Trinajstić information content (AvgIpc) is 2.25. The molecule has 1 heterocycles. The Morgan fingerprint density at radius 1 is 1.35 bits per heavy atom. The van der Waals surface area contributed by atoms with Crippen molar-refractivity contribution < 1.29 is 13.2 Å². The van der Waals surface area contributed by atoms with Crippen LogP contribution in [0.1, 0.15) is 13.8 Å². The van der Waals surface area contributed by atoms with Crippen molar-refractivity contribution in [3.8, 4) is 0 Å². The van der Waals surface area contributed by atoms with Crippen molar-refractivity contribution in [2.75, 3.05) is 25.5 Å². The lowest BCUT2D eigenvalue weighted by Crippen LogP contribution is -2.55. The molecule has 8 heteroatoms. The molecule has 112 valence electrons. The predicted molar refractivity (Wildman–Crippen MR) is 85.0 cm³/mol. The number of morpholine rings is 1. The molecule has 1 aromatic rings. The van der Waals surface area contributed by atoms with Crippen LogP contribution in [0.4, 0.5) is 5.69 Å². The Morgan fingerprint density at radius 3 is 2.55 bits per heavy atom. The minimum Gasteiger partial charge on any atom is -0.398 e. The summed E-state index contributed by atoms with van der Waals surface area (Å²) in [6, 6.07) is 3.27. The Bertz CT molecular complexity index is 609. The van der Waals surface area contributed by atoms with Crippen molar-refractivity contribution in [3.05, 3.63) is 21.1 Å². The van der Waals surface area contributed by atoms with Gasteiger partial charge in [0.05, 0.1) is 24.4 Å². The van der Waals surface area contributed by atoms with Crippen molar-refractivity contribution in [1.29, 1.82) is 0 Å². The number of anilines is 1. The summed E-state index contributed by atoms with van der Waals surface area (Å²) >= 11 is 6.58. The highest BCUT2D eigenvalue weighted by molar-refractivity contribution is 9.11. The van der Waals surface area contributed by atoms with Crippen molar-refractivity contribution >= 4 is 47.6 Å². The van der Waals surface area contributed by atoms with E-state index in [1.165, 1.54) is 4.31 Å². The SMILES string of the molecule is CC1(C)COCCN1S(=O)(=O)c1c(N)cc(Br)cc1Br. The molecule has 1 aromatic carbocycles. The Morgan fingerprint density at radius 2 is 2.00 bits per heavy atom. The fourth-order valence-electron chi connectivity index (χ4n) is 2.25. The summed E-state index contributed by atoms with van der Waals surface area (Å²) in [4.78, 5) is 0.107. The van der Waals surface area contributed by atoms with Crippen molar-refractivity contribution in [2.24, 2.45) is 0 Å². The number of nitrogens with zero attached hydrogens (tertiary/aromatic N) is 1. The van der Waals surface area contributed by atoms with E-state index in [0.29, 0.717) is 24.2 Å². The molecule has 0 aromatic heterocycles. The molecule has 0 aliphatic carbocycles. The minimum atomic E-state index is -3.69. The lowest BCUT2D eigenvalue weighted by atomic mass is 10.1. The van der Waals surface area contributed by atoms with Crippen LogP contribution < -0.4 is 5.73 Å². The Hall–Kier alpha value is -0.150. The van der Waals surface area contributed by atoms with Crippen LogP contribution in [0, 0.1) is 0 Å². The number of hydrogen-bond acceptors (Lipinski definition) is 4. The van der Waals surface area contributed by atoms with Gasteiger partial charge in [-0.25, -0.2) is 8.42 Å². The van der Waals surface area contributed by atoms with E-state index in [-0.39, 0.29) is 10.6 Å². The molecule has 0 saturated carbocycles. The maximum absolute atomic E-state index is 12.9. The molecular weight excluding hydrogens is 412 g/mol. The highest BCUT2D eigenvalue weighted by Crippen LogP contribution is 2.36. The fraction of sp³-hybridized carbons (Fsp3) is 0.500. The molecule has 0 bridgehead atoms. The Balaban J connectivity index is 2.56. The van der Waals surface area contributed by atoms with E-state index in [4.69, 9.17) is 10.5 Å². The molecule has 1 fully saturated rings. The molecular formula is C12H16Br2N2O3S. The van der Waals surface area contributed by atoms with Crippen LogP contribution in [-0.2, 0) is 14.8 Å². The molecule has 0 unspecified atom stereocenters. The van der Waals surface area contributed by atoms with E-state index >= 15 is 0 Å². The van der Waals surface area contributed by atoms with Crippen LogP contribution in [0.3, 0.4) is 0 Å². The molecule has 2 N–H and O–H groups in total. The van der Waals surface area contributed by atoms with Crippen LogP contribution in [0.2, 0.25) is 0 Å². The van der Waals surface area contributed by atoms with Crippen molar-refractivity contribution in [3.63, 3.8) is 0 Å². The number of benzene rings is 1. The third-order valence-corrected chi connectivity index (χ3v) is 6.73. The first-order chi connectivity index (χ1) is 9.16. The maximum Gasteiger partial charge on any atom is 0.246 e. The first-order valence-electron chi connectivity index (χ1n) is 6.01. The first kappa shape index (κ1) is 16.2. The summed E-state index contributed by atoms with van der Waals surface area (Å²) in [5.74, 6) is 0. The second-order valence-corrected chi connectivity index (χ2v) is 8.82. The summed E-state index contributed by atoms with van der Waals surface area (Å²) in [5, 5.41) is 0. The monoisotopic (exact) mass is 426 g/mol. The number of sulfonamides is 1. The summed E-state index contributed by atoms with van der Waals surface area (Å²) in [5.41, 5.74) is 5.52. The van der Waals surface area contributed by atoms with Gasteiger partial charge in [-0.15, -0.1) is 0 Å². The van der Waals surface area contributed by atoms with E-state index in [9.17, 15) is 8.42 Å². The van der Waals surface area contributed by atoms with Crippen molar-refractivity contribution in [1.82, 2.24) is 4.31 Å². The van der Waals surface area contributed by atoms with Crippen molar-refractivity contribution in [2.45, 2.75) is 24.3 Å². The quantitative estimate of drug-likeness (QED) is 0.736. The minimum absolute atomic E-state index is 0.107. The summed E-state index contributed by atoms with van der Waals surface area (Å²) in [7, 11) is -3.69. The normalized spacial score (nSPS) is 20.0.